The maximum atomic E-state index is 10.9. The first kappa shape index (κ1) is 10.9. The van der Waals surface area contributed by atoms with Crippen LogP contribution in [-0.2, 0) is 4.79 Å². The summed E-state index contributed by atoms with van der Waals surface area (Å²) in [6, 6.07) is -1.48. The second kappa shape index (κ2) is 5.54. The molecular formula is C7H15N3O2. The molecule has 0 radical (unpaired) electrons. The summed E-state index contributed by atoms with van der Waals surface area (Å²) in [5.74, 6) is -0.504. The molecule has 0 aliphatic heterocycles. The van der Waals surface area contributed by atoms with Crippen molar-refractivity contribution < 1.29 is 9.59 Å². The predicted octanol–water partition coefficient (Wildman–Crippen LogP) is -0.301. The van der Waals surface area contributed by atoms with Gasteiger partial charge in [0.2, 0.25) is 5.91 Å². The number of amides is 3. The number of hydrogen-bond donors (Lipinski definition) is 3. The monoisotopic (exact) mass is 173 g/mol. The van der Waals surface area contributed by atoms with Crippen molar-refractivity contribution in [3.8, 4) is 0 Å². The molecule has 5 heteroatoms. The van der Waals surface area contributed by atoms with E-state index in [1.54, 1.807) is 0 Å². The molecule has 70 valence electrons. The van der Waals surface area contributed by atoms with E-state index in [4.69, 9.17) is 11.5 Å². The Morgan fingerprint density at radius 2 is 2.08 bits per heavy atom. The normalized spacial score (nSPS) is 12.2. The van der Waals surface area contributed by atoms with Crippen LogP contribution in [0.1, 0.15) is 26.2 Å². The molecule has 3 amide bonds. The van der Waals surface area contributed by atoms with Crippen molar-refractivity contribution in [1.29, 1.82) is 0 Å². The average Bonchev–Trinajstić information content (AvgIpc) is 1.98. The third kappa shape index (κ3) is 4.68. The lowest BCUT2D eigenvalue weighted by atomic mass is 10.1. The van der Waals surface area contributed by atoms with Gasteiger partial charge in [-0.1, -0.05) is 19.8 Å². The first-order valence-electron chi connectivity index (χ1n) is 3.93. The third-order valence-electron chi connectivity index (χ3n) is 1.45. The number of nitrogens with one attached hydrogen (secondary N) is 1. The molecule has 0 aromatic carbocycles. The van der Waals surface area contributed by atoms with Crippen LogP contribution < -0.4 is 16.8 Å². The van der Waals surface area contributed by atoms with E-state index in [2.05, 4.69) is 0 Å². The van der Waals surface area contributed by atoms with E-state index in [9.17, 15) is 9.59 Å². The van der Waals surface area contributed by atoms with Crippen LogP contribution in [0.5, 0.6) is 0 Å². The van der Waals surface area contributed by atoms with E-state index < -0.39 is 18.0 Å². The summed E-state index contributed by atoms with van der Waals surface area (Å²) < 4.78 is 0. The molecule has 0 saturated carbocycles. The zero-order valence-electron chi connectivity index (χ0n) is 7.17. The fourth-order valence-electron chi connectivity index (χ4n) is 0.769. The number of primary amides is 1. The Bertz CT molecular complexity index is 170. The lowest BCUT2D eigenvalue weighted by Gasteiger charge is -2.08. The minimum Gasteiger partial charge on any atom is -0.351 e. The molecule has 0 fully saturated rings. The fourth-order valence-corrected chi connectivity index (χ4v) is 0.769. The zero-order chi connectivity index (χ0) is 9.56. The summed E-state index contributed by atoms with van der Waals surface area (Å²) in [6.45, 7) is 2.00. The number of nitrogens with two attached hydrogens (primary N) is 2. The predicted molar refractivity (Wildman–Crippen MR) is 45.2 cm³/mol. The van der Waals surface area contributed by atoms with Gasteiger partial charge in [-0.2, -0.15) is 0 Å². The Morgan fingerprint density at radius 1 is 1.50 bits per heavy atom. The van der Waals surface area contributed by atoms with Crippen LogP contribution in [0.15, 0.2) is 0 Å². The van der Waals surface area contributed by atoms with Gasteiger partial charge in [0.05, 0.1) is 6.04 Å². The highest BCUT2D eigenvalue weighted by molar-refractivity contribution is 5.96. The highest BCUT2D eigenvalue weighted by atomic mass is 16.2. The Hall–Kier alpha value is -1.10. The molecule has 0 spiro atoms. The van der Waals surface area contributed by atoms with Crippen molar-refractivity contribution in [1.82, 2.24) is 5.32 Å². The average molecular weight is 173 g/mol. The molecule has 1 unspecified atom stereocenters. The van der Waals surface area contributed by atoms with Gasteiger partial charge in [-0.05, 0) is 6.42 Å². The first-order valence-corrected chi connectivity index (χ1v) is 3.93. The summed E-state index contributed by atoms with van der Waals surface area (Å²) in [5, 5.41) is 1.93. The number of carbonyl (C=O) groups is 2. The molecule has 5 nitrogen and oxygen atoms in total. The van der Waals surface area contributed by atoms with Crippen LogP contribution in [0.2, 0.25) is 0 Å². The molecule has 0 aliphatic carbocycles. The second-order valence-corrected chi connectivity index (χ2v) is 2.60. The topological polar surface area (TPSA) is 98.2 Å². The van der Waals surface area contributed by atoms with Crippen molar-refractivity contribution in [2.24, 2.45) is 11.5 Å². The highest BCUT2D eigenvalue weighted by Crippen LogP contribution is 1.97. The van der Waals surface area contributed by atoms with Crippen molar-refractivity contribution in [2.45, 2.75) is 32.2 Å². The minimum absolute atomic E-state index is 0.504. The Labute approximate surface area is 71.5 Å². The molecule has 5 N–H and O–H groups in total. The molecular weight excluding hydrogens is 158 g/mol. The van der Waals surface area contributed by atoms with Gasteiger partial charge in [-0.25, -0.2) is 4.79 Å². The first-order chi connectivity index (χ1) is 5.57. The van der Waals surface area contributed by atoms with E-state index in [0.29, 0.717) is 6.42 Å². The van der Waals surface area contributed by atoms with Gasteiger partial charge in [0.1, 0.15) is 0 Å². The summed E-state index contributed by atoms with van der Waals surface area (Å²) in [7, 11) is 0. The van der Waals surface area contributed by atoms with Crippen LogP contribution in [0.4, 0.5) is 4.79 Å². The number of rotatable bonds is 4. The maximum absolute atomic E-state index is 10.9. The molecule has 0 saturated heterocycles. The van der Waals surface area contributed by atoms with Gasteiger partial charge in [0.25, 0.3) is 0 Å². The smallest absolute Gasteiger partial charge is 0.318 e. The quantitative estimate of drug-likeness (QED) is 0.544. The van der Waals surface area contributed by atoms with E-state index in [-0.39, 0.29) is 0 Å². The fraction of sp³-hybridized carbons (Fsp3) is 0.714. The van der Waals surface area contributed by atoms with Gasteiger partial charge >= 0.3 is 6.03 Å². The summed E-state index contributed by atoms with van der Waals surface area (Å²) in [4.78, 5) is 21.1. The minimum atomic E-state index is -0.855. The Morgan fingerprint density at radius 3 is 2.50 bits per heavy atom. The van der Waals surface area contributed by atoms with Crippen molar-refractivity contribution >= 4 is 11.9 Å². The van der Waals surface area contributed by atoms with Gasteiger partial charge in [0.15, 0.2) is 0 Å². The molecule has 12 heavy (non-hydrogen) atoms. The van der Waals surface area contributed by atoms with Crippen molar-refractivity contribution in [3.05, 3.63) is 0 Å². The van der Waals surface area contributed by atoms with Crippen LogP contribution in [0.3, 0.4) is 0 Å². The number of hydrogen-bond acceptors (Lipinski definition) is 3. The number of imide groups is 1. The summed E-state index contributed by atoms with van der Waals surface area (Å²) in [5.41, 5.74) is 10.2. The van der Waals surface area contributed by atoms with E-state index in [0.717, 1.165) is 12.8 Å². The number of unbranched alkanes of at least 4 members (excludes halogenated alkanes) is 1. The number of urea groups is 1. The largest absolute Gasteiger partial charge is 0.351 e. The van der Waals surface area contributed by atoms with Crippen LogP contribution >= 0.6 is 0 Å². The molecule has 1 atom stereocenters. The molecule has 0 aromatic heterocycles. The Kier molecular flexibility index (Phi) is 5.03. The van der Waals surface area contributed by atoms with Crippen LogP contribution in [0, 0.1) is 0 Å². The van der Waals surface area contributed by atoms with Gasteiger partial charge in [-0.3, -0.25) is 10.1 Å². The molecule has 0 rings (SSSR count). The van der Waals surface area contributed by atoms with Crippen LogP contribution in [0.25, 0.3) is 0 Å². The van der Waals surface area contributed by atoms with Crippen LogP contribution in [-0.4, -0.2) is 18.0 Å². The van der Waals surface area contributed by atoms with Gasteiger partial charge in [0, 0.05) is 0 Å². The molecule has 0 aromatic rings. The van der Waals surface area contributed by atoms with E-state index >= 15 is 0 Å². The third-order valence-corrected chi connectivity index (χ3v) is 1.45. The summed E-state index contributed by atoms with van der Waals surface area (Å²) in [6.07, 6.45) is 2.42. The van der Waals surface area contributed by atoms with E-state index in [1.807, 2.05) is 12.2 Å². The highest BCUT2D eigenvalue weighted by Gasteiger charge is 2.13. The second-order valence-electron chi connectivity index (χ2n) is 2.60. The SMILES string of the molecule is CCCCC(N)C(=O)NC(N)=O. The lowest BCUT2D eigenvalue weighted by Crippen LogP contribution is -2.45. The maximum Gasteiger partial charge on any atom is 0.318 e. The molecule has 0 bridgehead atoms. The summed E-state index contributed by atoms with van der Waals surface area (Å²) >= 11 is 0. The van der Waals surface area contributed by atoms with Crippen molar-refractivity contribution in [2.75, 3.05) is 0 Å². The van der Waals surface area contributed by atoms with Gasteiger partial charge < -0.3 is 11.5 Å². The van der Waals surface area contributed by atoms with Gasteiger partial charge in [-0.15, -0.1) is 0 Å². The standard InChI is InChI=1S/C7H15N3O2/c1-2-3-4-5(8)6(11)10-7(9)12/h5H,2-4,8H2,1H3,(H3,9,10,11,12). The molecule has 0 heterocycles. The number of carbonyl (C=O) groups excluding carboxylic acids is 2. The van der Waals surface area contributed by atoms with E-state index in [1.165, 1.54) is 0 Å². The zero-order valence-corrected chi connectivity index (χ0v) is 7.17. The lowest BCUT2D eigenvalue weighted by molar-refractivity contribution is -0.121. The van der Waals surface area contributed by atoms with Crippen molar-refractivity contribution in [3.63, 3.8) is 0 Å². The Balaban J connectivity index is 3.69. The molecule has 0 aliphatic rings.